The lowest BCUT2D eigenvalue weighted by Crippen LogP contribution is -2.17. The van der Waals surface area contributed by atoms with E-state index in [0.717, 1.165) is 16.6 Å². The molecule has 0 spiro atoms. The van der Waals surface area contributed by atoms with E-state index in [1.165, 1.54) is 22.9 Å². The first kappa shape index (κ1) is 15.5. The predicted molar refractivity (Wildman–Crippen MR) is 85.0 cm³/mol. The molecule has 0 saturated heterocycles. The normalized spacial score (nSPS) is 12.4. The Kier molecular flexibility index (Phi) is 5.18. The van der Waals surface area contributed by atoms with Crippen molar-refractivity contribution in [3.8, 4) is 5.75 Å². The van der Waals surface area contributed by atoms with Crippen LogP contribution in [0.3, 0.4) is 0 Å². The zero-order valence-corrected chi connectivity index (χ0v) is 14.1. The molecule has 1 unspecified atom stereocenters. The molecule has 2 aromatic rings. The van der Waals surface area contributed by atoms with E-state index >= 15 is 0 Å². The molecule has 0 aliphatic rings. The van der Waals surface area contributed by atoms with Gasteiger partial charge in [0.1, 0.15) is 0 Å². The third-order valence-electron chi connectivity index (χ3n) is 3.17. The van der Waals surface area contributed by atoms with Crippen LogP contribution < -0.4 is 10.1 Å². The second-order valence-corrected chi connectivity index (χ2v) is 6.81. The number of thiophene rings is 1. The van der Waals surface area contributed by atoms with Gasteiger partial charge in [0.05, 0.1) is 7.11 Å². The smallest absolute Gasteiger partial charge is 0.165 e. The maximum atomic E-state index is 13.7. The van der Waals surface area contributed by atoms with Gasteiger partial charge in [0.2, 0.25) is 0 Å². The summed E-state index contributed by atoms with van der Waals surface area (Å²) in [5.74, 6) is -0.0490. The molecule has 108 valence electrons. The molecular formula is C15H17BrFNOS. The van der Waals surface area contributed by atoms with Crippen LogP contribution >= 0.6 is 27.3 Å². The molecule has 0 radical (unpaired) electrons. The highest BCUT2D eigenvalue weighted by Crippen LogP contribution is 2.27. The Morgan fingerprint density at radius 3 is 2.70 bits per heavy atom. The lowest BCUT2D eigenvalue weighted by molar-refractivity contribution is 0.385. The van der Waals surface area contributed by atoms with Gasteiger partial charge in [-0.25, -0.2) is 4.39 Å². The van der Waals surface area contributed by atoms with Gasteiger partial charge in [0.15, 0.2) is 11.6 Å². The van der Waals surface area contributed by atoms with Crippen LogP contribution in [0, 0.1) is 12.7 Å². The Morgan fingerprint density at radius 2 is 2.15 bits per heavy atom. The van der Waals surface area contributed by atoms with E-state index < -0.39 is 0 Å². The summed E-state index contributed by atoms with van der Waals surface area (Å²) < 4.78 is 19.7. The quantitative estimate of drug-likeness (QED) is 0.828. The second-order valence-electron chi connectivity index (χ2n) is 4.61. The van der Waals surface area contributed by atoms with Gasteiger partial charge in [-0.05, 0) is 53.5 Å². The van der Waals surface area contributed by atoms with E-state index in [1.54, 1.807) is 17.4 Å². The average Bonchev–Trinajstić information content (AvgIpc) is 2.75. The summed E-state index contributed by atoms with van der Waals surface area (Å²) in [6.07, 6.45) is 0. The SMILES string of the molecule is COc1ccc(C(C)NCc2cc(Br)c(C)s2)cc1F. The second kappa shape index (κ2) is 6.70. The highest BCUT2D eigenvalue weighted by molar-refractivity contribution is 9.10. The summed E-state index contributed by atoms with van der Waals surface area (Å²) in [5.41, 5.74) is 0.913. The number of halogens is 2. The van der Waals surface area contributed by atoms with Crippen LogP contribution in [0.2, 0.25) is 0 Å². The minimum absolute atomic E-state index is 0.0802. The van der Waals surface area contributed by atoms with E-state index in [4.69, 9.17) is 4.74 Å². The summed E-state index contributed by atoms with van der Waals surface area (Å²) in [7, 11) is 1.47. The fourth-order valence-electron chi connectivity index (χ4n) is 1.93. The van der Waals surface area contributed by atoms with Gasteiger partial charge < -0.3 is 10.1 Å². The molecule has 1 aromatic carbocycles. The Labute approximate surface area is 131 Å². The fourth-order valence-corrected chi connectivity index (χ4v) is 3.48. The van der Waals surface area contributed by atoms with E-state index in [9.17, 15) is 4.39 Å². The molecule has 0 aliphatic heterocycles. The summed E-state index contributed by atoms with van der Waals surface area (Å²) in [5, 5.41) is 3.40. The molecule has 5 heteroatoms. The first-order valence-corrected chi connectivity index (χ1v) is 7.94. The lowest BCUT2D eigenvalue weighted by atomic mass is 10.1. The molecule has 20 heavy (non-hydrogen) atoms. The number of hydrogen-bond donors (Lipinski definition) is 1. The van der Waals surface area contributed by atoms with Crippen LogP contribution in [0.25, 0.3) is 0 Å². The van der Waals surface area contributed by atoms with Crippen molar-refractivity contribution >= 4 is 27.3 Å². The van der Waals surface area contributed by atoms with Crippen molar-refractivity contribution in [1.82, 2.24) is 5.32 Å². The number of aryl methyl sites for hydroxylation is 1. The van der Waals surface area contributed by atoms with Crippen molar-refractivity contribution in [2.75, 3.05) is 7.11 Å². The number of nitrogens with one attached hydrogen (secondary N) is 1. The van der Waals surface area contributed by atoms with Crippen molar-refractivity contribution in [2.24, 2.45) is 0 Å². The summed E-state index contributed by atoms with van der Waals surface area (Å²) >= 11 is 5.27. The molecule has 1 heterocycles. The summed E-state index contributed by atoms with van der Waals surface area (Å²) in [4.78, 5) is 2.53. The number of hydrogen-bond acceptors (Lipinski definition) is 3. The Morgan fingerprint density at radius 1 is 1.40 bits per heavy atom. The van der Waals surface area contributed by atoms with E-state index in [2.05, 4.69) is 34.2 Å². The topological polar surface area (TPSA) is 21.3 Å². The van der Waals surface area contributed by atoms with E-state index in [1.807, 2.05) is 13.0 Å². The molecule has 1 atom stereocenters. The first-order chi connectivity index (χ1) is 9.51. The van der Waals surface area contributed by atoms with Crippen LogP contribution in [-0.2, 0) is 6.54 Å². The Bertz CT molecular complexity index is 580. The molecule has 2 rings (SSSR count). The fraction of sp³-hybridized carbons (Fsp3) is 0.333. The number of ether oxygens (including phenoxy) is 1. The van der Waals surface area contributed by atoms with Gasteiger partial charge in [-0.3, -0.25) is 0 Å². The van der Waals surface area contributed by atoms with Crippen LogP contribution in [0.15, 0.2) is 28.7 Å². The average molecular weight is 358 g/mol. The van der Waals surface area contributed by atoms with Crippen LogP contribution in [0.5, 0.6) is 5.75 Å². The maximum absolute atomic E-state index is 13.7. The molecule has 0 amide bonds. The minimum atomic E-state index is -0.326. The molecule has 0 saturated carbocycles. The molecule has 0 fully saturated rings. The zero-order chi connectivity index (χ0) is 14.7. The molecule has 2 nitrogen and oxygen atoms in total. The maximum Gasteiger partial charge on any atom is 0.165 e. The van der Waals surface area contributed by atoms with Gasteiger partial charge in [-0.2, -0.15) is 0 Å². The Hall–Kier alpha value is -0.910. The number of rotatable bonds is 5. The number of benzene rings is 1. The molecule has 0 aliphatic carbocycles. The van der Waals surface area contributed by atoms with Crippen molar-refractivity contribution in [3.63, 3.8) is 0 Å². The van der Waals surface area contributed by atoms with Crippen LogP contribution in [0.4, 0.5) is 4.39 Å². The molecule has 1 N–H and O–H groups in total. The van der Waals surface area contributed by atoms with Crippen molar-refractivity contribution in [3.05, 3.63) is 49.9 Å². The largest absolute Gasteiger partial charge is 0.494 e. The number of methoxy groups -OCH3 is 1. The zero-order valence-electron chi connectivity index (χ0n) is 11.7. The monoisotopic (exact) mass is 357 g/mol. The molecular weight excluding hydrogens is 341 g/mol. The van der Waals surface area contributed by atoms with Crippen LogP contribution in [0.1, 0.15) is 28.3 Å². The third-order valence-corrected chi connectivity index (χ3v) is 5.30. The van der Waals surface area contributed by atoms with E-state index in [0.29, 0.717) is 0 Å². The highest BCUT2D eigenvalue weighted by Gasteiger charge is 2.10. The Balaban J connectivity index is 2.01. The summed E-state index contributed by atoms with van der Waals surface area (Å²) in [6, 6.07) is 7.27. The summed E-state index contributed by atoms with van der Waals surface area (Å²) in [6.45, 7) is 4.88. The molecule has 1 aromatic heterocycles. The standard InChI is InChI=1S/C15H17BrFNOS/c1-9(11-4-5-15(19-3)14(17)6-11)18-8-12-7-13(16)10(2)20-12/h4-7,9,18H,8H2,1-3H3. The lowest BCUT2D eigenvalue weighted by Gasteiger charge is -2.14. The van der Waals surface area contributed by atoms with Crippen LogP contribution in [-0.4, -0.2) is 7.11 Å². The van der Waals surface area contributed by atoms with Crippen molar-refractivity contribution in [1.29, 1.82) is 0 Å². The van der Waals surface area contributed by atoms with Crippen molar-refractivity contribution < 1.29 is 9.13 Å². The van der Waals surface area contributed by atoms with Gasteiger partial charge in [0.25, 0.3) is 0 Å². The van der Waals surface area contributed by atoms with E-state index in [-0.39, 0.29) is 17.6 Å². The van der Waals surface area contributed by atoms with Crippen molar-refractivity contribution in [2.45, 2.75) is 26.4 Å². The van der Waals surface area contributed by atoms with Gasteiger partial charge in [-0.15, -0.1) is 11.3 Å². The van der Waals surface area contributed by atoms with Gasteiger partial charge in [-0.1, -0.05) is 6.07 Å². The highest BCUT2D eigenvalue weighted by atomic mass is 79.9. The van der Waals surface area contributed by atoms with Gasteiger partial charge in [0, 0.05) is 26.8 Å². The third kappa shape index (κ3) is 3.59. The van der Waals surface area contributed by atoms with Gasteiger partial charge >= 0.3 is 0 Å². The minimum Gasteiger partial charge on any atom is -0.494 e. The molecule has 0 bridgehead atoms. The first-order valence-electron chi connectivity index (χ1n) is 6.33. The predicted octanol–water partition coefficient (Wildman–Crippen LogP) is 4.82.